The minimum absolute atomic E-state index is 0.0637. The Bertz CT molecular complexity index is 1200. The molecule has 36 heavy (non-hydrogen) atoms. The molecule has 1 atom stereocenters. The average Bonchev–Trinajstić information content (AvgIpc) is 2.84. The first-order valence-electron chi connectivity index (χ1n) is 12.0. The van der Waals surface area contributed by atoms with Crippen LogP contribution in [0.2, 0.25) is 0 Å². The highest BCUT2D eigenvalue weighted by Crippen LogP contribution is 2.29. The molecule has 1 unspecified atom stereocenters. The van der Waals surface area contributed by atoms with Crippen LogP contribution >= 0.6 is 15.9 Å². The summed E-state index contributed by atoms with van der Waals surface area (Å²) in [5.41, 5.74) is 9.48. The minimum atomic E-state index is -3.66. The van der Waals surface area contributed by atoms with Crippen molar-refractivity contribution in [2.75, 3.05) is 13.6 Å². The lowest BCUT2D eigenvalue weighted by molar-refractivity contribution is 0.571. The van der Waals surface area contributed by atoms with E-state index in [1.54, 1.807) is 48.8 Å². The van der Waals surface area contributed by atoms with Crippen molar-refractivity contribution < 1.29 is 8.42 Å². The summed E-state index contributed by atoms with van der Waals surface area (Å²) in [5.74, 6) is 0. The van der Waals surface area contributed by atoms with E-state index in [2.05, 4.69) is 51.1 Å². The number of aliphatic imine (C=N–C) groups is 1. The quantitative estimate of drug-likeness (QED) is 0.150. The van der Waals surface area contributed by atoms with Crippen molar-refractivity contribution in [1.82, 2.24) is 10.6 Å². The number of halogens is 1. The van der Waals surface area contributed by atoms with Crippen molar-refractivity contribution >= 4 is 37.8 Å². The van der Waals surface area contributed by atoms with Crippen molar-refractivity contribution in [2.45, 2.75) is 55.4 Å². The molecule has 0 bridgehead atoms. The van der Waals surface area contributed by atoms with E-state index in [0.717, 1.165) is 47.1 Å². The van der Waals surface area contributed by atoms with E-state index in [-0.39, 0.29) is 15.8 Å². The van der Waals surface area contributed by atoms with Crippen LogP contribution in [0.5, 0.6) is 0 Å². The van der Waals surface area contributed by atoms with Crippen LogP contribution < -0.4 is 16.4 Å². The van der Waals surface area contributed by atoms with Crippen LogP contribution in [0.3, 0.4) is 0 Å². The molecule has 0 amide bonds. The Morgan fingerprint density at radius 3 is 2.56 bits per heavy atom. The summed E-state index contributed by atoms with van der Waals surface area (Å²) in [7, 11) is -1.78. The molecule has 2 aromatic carbocycles. The van der Waals surface area contributed by atoms with E-state index < -0.39 is 9.84 Å². The zero-order valence-corrected chi connectivity index (χ0v) is 23.7. The number of sulfone groups is 1. The highest BCUT2D eigenvalue weighted by molar-refractivity contribution is 9.10. The molecule has 6 nitrogen and oxygen atoms in total. The highest BCUT2D eigenvalue weighted by Gasteiger charge is 2.19. The molecule has 4 N–H and O–H groups in total. The van der Waals surface area contributed by atoms with Gasteiger partial charge in [0.05, 0.1) is 21.8 Å². The monoisotopic (exact) mass is 572 g/mol. The third-order valence-corrected chi connectivity index (χ3v) is 7.76. The van der Waals surface area contributed by atoms with E-state index in [0.29, 0.717) is 12.1 Å². The number of allylic oxidation sites excluding steroid dienone is 5. The lowest BCUT2D eigenvalue weighted by Crippen LogP contribution is -2.32. The number of hydrogen-bond donors (Lipinski definition) is 3. The lowest BCUT2D eigenvalue weighted by atomic mass is 10.0. The molecule has 2 rings (SSSR count). The van der Waals surface area contributed by atoms with Gasteiger partial charge in [0, 0.05) is 22.8 Å². The molecule has 0 heterocycles. The smallest absolute Gasteiger partial charge is 0.206 e. The van der Waals surface area contributed by atoms with Crippen molar-refractivity contribution in [3.63, 3.8) is 0 Å². The van der Waals surface area contributed by atoms with E-state index in [9.17, 15) is 8.42 Å². The van der Waals surface area contributed by atoms with Gasteiger partial charge in [0.25, 0.3) is 0 Å². The van der Waals surface area contributed by atoms with Crippen LogP contribution in [0.15, 0.2) is 97.8 Å². The first-order chi connectivity index (χ1) is 17.2. The molecule has 0 aliphatic heterocycles. The molecular formula is C28H37BrN4O2S. The molecule has 0 aliphatic rings. The molecule has 8 heteroatoms. The Balaban J connectivity index is 2.29. The van der Waals surface area contributed by atoms with Gasteiger partial charge in [-0.25, -0.2) is 13.4 Å². The second-order valence-electron chi connectivity index (χ2n) is 8.64. The van der Waals surface area contributed by atoms with Crippen LogP contribution in [0.25, 0.3) is 0 Å². The molecule has 0 spiro atoms. The summed E-state index contributed by atoms with van der Waals surface area (Å²) in [5, 5.41) is 6.18. The van der Waals surface area contributed by atoms with E-state index in [1.807, 2.05) is 26.1 Å². The van der Waals surface area contributed by atoms with Crippen LogP contribution in [0.4, 0.5) is 5.69 Å². The predicted molar refractivity (Wildman–Crippen MR) is 154 cm³/mol. The summed E-state index contributed by atoms with van der Waals surface area (Å²) < 4.78 is 27.4. The number of nitrogens with two attached hydrogens (primary N) is 1. The Labute approximate surface area is 224 Å². The van der Waals surface area contributed by atoms with Gasteiger partial charge in [0.1, 0.15) is 0 Å². The molecule has 0 saturated carbocycles. The number of hydrogen-bond acceptors (Lipinski definition) is 5. The third-order valence-electron chi connectivity index (χ3n) is 5.46. The normalized spacial score (nSPS) is 13.4. The first-order valence-corrected chi connectivity index (χ1v) is 14.3. The molecule has 2 aromatic rings. The standard InChI is InChI=1S/C28H37BrN4O2S/c1-5-6-7-8-21(2)17-23-18-27(36(34,35)26-13-10-24(29)11-14-26)15-16-28(23)33-20-32-22(3)9-12-25(30)19-31-4/h6-8,10-11,13-16,18,20,25,31H,3,5,9,12,17,19,30H2,1-2,4H3,(H,32,33)/b7-6-,21-8+. The average molecular weight is 574 g/mol. The molecule has 0 aromatic heterocycles. The Morgan fingerprint density at radius 2 is 1.89 bits per heavy atom. The number of nitrogens with one attached hydrogen (secondary N) is 2. The van der Waals surface area contributed by atoms with Gasteiger partial charge >= 0.3 is 0 Å². The number of likely N-dealkylation sites (N-methyl/N-ethyl adjacent to an activating group) is 1. The van der Waals surface area contributed by atoms with Crippen LogP contribution in [-0.2, 0) is 16.3 Å². The van der Waals surface area contributed by atoms with Gasteiger partial charge in [0.2, 0.25) is 9.84 Å². The Morgan fingerprint density at radius 1 is 1.19 bits per heavy atom. The fourth-order valence-electron chi connectivity index (χ4n) is 3.46. The predicted octanol–water partition coefficient (Wildman–Crippen LogP) is 5.83. The SMILES string of the molecule is C=C(CCC(N)CNC)NC=Nc1ccc(S(=O)(=O)c2ccc(Br)cc2)cc1C/C(C)=C/C=C\CC. The summed E-state index contributed by atoms with van der Waals surface area (Å²) in [6, 6.07) is 11.8. The summed E-state index contributed by atoms with van der Waals surface area (Å²) in [6.45, 7) is 8.90. The fraction of sp³-hybridized carbons (Fsp3) is 0.321. The molecule has 0 radical (unpaired) electrons. The van der Waals surface area contributed by atoms with Crippen LogP contribution in [-0.4, -0.2) is 34.4 Å². The van der Waals surface area contributed by atoms with Crippen LogP contribution in [0.1, 0.15) is 38.7 Å². The van der Waals surface area contributed by atoms with E-state index >= 15 is 0 Å². The van der Waals surface area contributed by atoms with Gasteiger partial charge in [-0.2, -0.15) is 0 Å². The molecule has 0 saturated heterocycles. The van der Waals surface area contributed by atoms with Gasteiger partial charge in [0.15, 0.2) is 0 Å². The highest BCUT2D eigenvalue weighted by atomic mass is 79.9. The fourth-order valence-corrected chi connectivity index (χ4v) is 5.04. The zero-order valence-electron chi connectivity index (χ0n) is 21.3. The summed E-state index contributed by atoms with van der Waals surface area (Å²) in [4.78, 5) is 5.07. The maximum atomic E-state index is 13.3. The van der Waals surface area contributed by atoms with E-state index in [1.165, 1.54) is 0 Å². The van der Waals surface area contributed by atoms with Gasteiger partial charge in [-0.3, -0.25) is 0 Å². The number of rotatable bonds is 14. The van der Waals surface area contributed by atoms with Crippen molar-refractivity contribution in [2.24, 2.45) is 10.7 Å². The van der Waals surface area contributed by atoms with Gasteiger partial charge < -0.3 is 16.4 Å². The summed E-state index contributed by atoms with van der Waals surface area (Å²) >= 11 is 3.36. The molecule has 0 aliphatic carbocycles. The van der Waals surface area contributed by atoms with Crippen molar-refractivity contribution in [3.05, 3.63) is 88.6 Å². The van der Waals surface area contributed by atoms with Crippen molar-refractivity contribution in [3.8, 4) is 0 Å². The Kier molecular flexibility index (Phi) is 12.3. The molecule has 194 valence electrons. The van der Waals surface area contributed by atoms with E-state index in [4.69, 9.17) is 5.73 Å². The maximum Gasteiger partial charge on any atom is 0.206 e. The first kappa shape index (κ1) is 29.7. The second kappa shape index (κ2) is 14.9. The van der Waals surface area contributed by atoms with Gasteiger partial charge in [-0.15, -0.1) is 0 Å². The maximum absolute atomic E-state index is 13.3. The summed E-state index contributed by atoms with van der Waals surface area (Å²) in [6.07, 6.45) is 10.8. The topological polar surface area (TPSA) is 96.6 Å². The third kappa shape index (κ3) is 9.50. The minimum Gasteiger partial charge on any atom is -0.350 e. The molecule has 0 fully saturated rings. The number of benzene rings is 2. The number of nitrogens with zero attached hydrogens (tertiary/aromatic N) is 1. The zero-order chi connectivity index (χ0) is 26.6. The lowest BCUT2D eigenvalue weighted by Gasteiger charge is -2.12. The Hall–Kier alpha value is -2.52. The van der Waals surface area contributed by atoms with Gasteiger partial charge in [-0.1, -0.05) is 53.2 Å². The largest absolute Gasteiger partial charge is 0.350 e. The second-order valence-corrected chi connectivity index (χ2v) is 11.5. The van der Waals surface area contributed by atoms with Gasteiger partial charge in [-0.05, 0) is 87.7 Å². The van der Waals surface area contributed by atoms with Crippen molar-refractivity contribution in [1.29, 1.82) is 0 Å². The molecular weight excluding hydrogens is 536 g/mol. The van der Waals surface area contributed by atoms with Crippen LogP contribution in [0, 0.1) is 0 Å².